The Morgan fingerprint density at radius 2 is 0.368 bits per heavy atom. The van der Waals surface area contributed by atoms with E-state index >= 15 is 0 Å². The summed E-state index contributed by atoms with van der Waals surface area (Å²) in [5, 5.41) is 22.0. The van der Waals surface area contributed by atoms with Gasteiger partial charge in [-0.05, 0) is 215 Å². The second kappa shape index (κ2) is 25.8. The average Bonchev–Trinajstić information content (AvgIpc) is 1.59. The van der Waals surface area contributed by atoms with Crippen LogP contribution in [0.25, 0.3) is 244 Å². The molecule has 0 aliphatic heterocycles. The smallest absolute Gasteiger partial charge is 0.135 e. The van der Waals surface area contributed by atoms with Crippen LogP contribution in [-0.4, -0.2) is 13.7 Å². The Hall–Kier alpha value is -15.0. The van der Waals surface area contributed by atoms with E-state index < -0.39 is 0 Å². The number of hydrogen-bond donors (Lipinski definition) is 0. The van der Waals surface area contributed by atoms with Gasteiger partial charge in [-0.2, -0.15) is 0 Å². The van der Waals surface area contributed by atoms with Crippen molar-refractivity contribution < 1.29 is 17.7 Å². The zero-order valence-electron chi connectivity index (χ0n) is 62.7. The summed E-state index contributed by atoms with van der Waals surface area (Å²) in [6, 6.07) is 137. The van der Waals surface area contributed by atoms with Crippen molar-refractivity contribution in [1.29, 1.82) is 0 Å². The lowest BCUT2D eigenvalue weighted by molar-refractivity contribution is 0.668. The molecular weight excluding hydrogens is 1470 g/mol. The molecule has 0 spiro atoms. The highest BCUT2D eigenvalue weighted by Gasteiger charge is 2.22. The lowest BCUT2D eigenvalue weighted by Crippen LogP contribution is -1.93. The van der Waals surface area contributed by atoms with Gasteiger partial charge < -0.3 is 31.4 Å². The number of thiophene rings is 2. The normalized spacial score (nSPS) is 12.1. The van der Waals surface area contributed by atoms with Crippen molar-refractivity contribution in [2.24, 2.45) is 0 Å². The third-order valence-corrected chi connectivity index (χ3v) is 26.3. The van der Waals surface area contributed by atoms with E-state index in [-0.39, 0.29) is 0 Å². The van der Waals surface area contributed by atoms with Crippen molar-refractivity contribution in [3.05, 3.63) is 382 Å². The zero-order valence-corrected chi connectivity index (χ0v) is 64.3. The summed E-state index contributed by atoms with van der Waals surface area (Å²) in [7, 11) is 0. The number of furan rings is 4. The first-order chi connectivity index (χ1) is 57.9. The number of nitrogens with zero attached hydrogens (tertiary/aromatic N) is 3. The Kier molecular flexibility index (Phi) is 14.4. The number of para-hydroxylation sites is 7. The summed E-state index contributed by atoms with van der Waals surface area (Å²) in [4.78, 5) is 0. The predicted octanol–water partition coefficient (Wildman–Crippen LogP) is 31.7. The van der Waals surface area contributed by atoms with Crippen LogP contribution < -0.4 is 0 Å². The molecule has 546 valence electrons. The van der Waals surface area contributed by atoms with Crippen LogP contribution in [0.2, 0.25) is 0 Å². The molecule has 0 N–H and O–H groups in total. The van der Waals surface area contributed by atoms with Gasteiger partial charge in [0.1, 0.15) is 44.7 Å². The summed E-state index contributed by atoms with van der Waals surface area (Å²) in [5.74, 6) is 0. The summed E-state index contributed by atoms with van der Waals surface area (Å²) in [5.41, 5.74) is 25.3. The Bertz CT molecular complexity index is 8010. The van der Waals surface area contributed by atoms with E-state index in [0.29, 0.717) is 0 Å². The van der Waals surface area contributed by atoms with Crippen molar-refractivity contribution in [1.82, 2.24) is 13.7 Å². The largest absolute Gasteiger partial charge is 0.456 e. The summed E-state index contributed by atoms with van der Waals surface area (Å²) < 4.78 is 36.8. The highest BCUT2D eigenvalue weighted by molar-refractivity contribution is 7.26. The molecule has 18 aromatic carbocycles. The molecule has 9 aromatic heterocycles. The number of fused-ring (bicyclic) bond motifs is 27. The highest BCUT2D eigenvalue weighted by Crippen LogP contribution is 2.46. The number of benzene rings is 18. The van der Waals surface area contributed by atoms with Crippen LogP contribution >= 0.6 is 22.7 Å². The summed E-state index contributed by atoms with van der Waals surface area (Å²) in [6.07, 6.45) is 0. The SMILES string of the molecule is c1ccc2c(c1)oc1ccc(-c3ccc4c(c3)c3ccccc3n4-c3ccc4oc5ccccc5c4c3)cc12.c1ccc2c(c1)oc1ccc(-c3ccc4c(c3)c3ccccc3n4-c3ccc4sc5ccccc5c4c3)cc12.c1ccc2c(c1)oc1ccc(-n3c4ccccc4c4cc(-c5ccc6sc7ccccc7c6c5)ccc43)cc12. The Morgan fingerprint density at radius 3 is 0.744 bits per heavy atom. The number of aromatic nitrogens is 3. The molecule has 27 rings (SSSR count). The predicted molar refractivity (Wildman–Crippen MR) is 494 cm³/mol. The maximum atomic E-state index is 6.11. The van der Waals surface area contributed by atoms with Crippen molar-refractivity contribution in [3.8, 4) is 50.4 Å². The minimum atomic E-state index is 0.908. The first kappa shape index (κ1) is 65.5. The van der Waals surface area contributed by atoms with Crippen molar-refractivity contribution in [2.75, 3.05) is 0 Å². The monoisotopic (exact) mass is 1530 g/mol. The van der Waals surface area contributed by atoms with E-state index in [0.717, 1.165) is 99.1 Å². The van der Waals surface area contributed by atoms with Gasteiger partial charge in [-0.1, -0.05) is 200 Å². The van der Waals surface area contributed by atoms with E-state index in [9.17, 15) is 0 Å². The van der Waals surface area contributed by atoms with Crippen LogP contribution in [-0.2, 0) is 0 Å². The molecule has 0 saturated heterocycles. The fraction of sp³-hybridized carbons (Fsp3) is 0. The van der Waals surface area contributed by atoms with E-state index in [1.165, 1.54) is 145 Å². The molecule has 0 bridgehead atoms. The first-order valence-electron chi connectivity index (χ1n) is 39.6. The van der Waals surface area contributed by atoms with Crippen LogP contribution in [0.15, 0.2) is 400 Å². The Morgan fingerprint density at radius 1 is 0.145 bits per heavy atom. The molecule has 0 fully saturated rings. The Labute approximate surface area is 675 Å². The number of hydrogen-bond acceptors (Lipinski definition) is 6. The molecular formula is C108H63N3O4S2. The van der Waals surface area contributed by atoms with Gasteiger partial charge in [0.15, 0.2) is 0 Å². The minimum absolute atomic E-state index is 0.908. The number of rotatable bonds is 6. The lowest BCUT2D eigenvalue weighted by atomic mass is 10.0. The van der Waals surface area contributed by atoms with Gasteiger partial charge in [-0.3, -0.25) is 0 Å². The van der Waals surface area contributed by atoms with Gasteiger partial charge in [-0.25, -0.2) is 0 Å². The van der Waals surface area contributed by atoms with Crippen LogP contribution in [0.3, 0.4) is 0 Å². The molecule has 0 saturated carbocycles. The summed E-state index contributed by atoms with van der Waals surface area (Å²) >= 11 is 3.72. The van der Waals surface area contributed by atoms with Crippen molar-refractivity contribution in [2.45, 2.75) is 0 Å². The molecule has 0 aliphatic carbocycles. The van der Waals surface area contributed by atoms with Gasteiger partial charge in [0.05, 0.1) is 33.1 Å². The third kappa shape index (κ3) is 10.4. The fourth-order valence-corrected chi connectivity index (χ4v) is 20.7. The second-order valence-corrected chi connectivity index (χ2v) is 32.7. The molecule has 27 aromatic rings. The lowest BCUT2D eigenvalue weighted by Gasteiger charge is -2.09. The fourth-order valence-electron chi connectivity index (χ4n) is 18.6. The highest BCUT2D eigenvalue weighted by atomic mass is 32.1. The molecule has 7 nitrogen and oxygen atoms in total. The molecule has 9 heterocycles. The molecule has 9 heteroatoms. The third-order valence-electron chi connectivity index (χ3n) is 24.0. The average molecular weight is 1530 g/mol. The Balaban J connectivity index is 0.0000000980. The minimum Gasteiger partial charge on any atom is -0.456 e. The van der Waals surface area contributed by atoms with Crippen molar-refractivity contribution in [3.63, 3.8) is 0 Å². The van der Waals surface area contributed by atoms with Gasteiger partial charge in [0.2, 0.25) is 0 Å². The van der Waals surface area contributed by atoms with E-state index in [1.807, 2.05) is 71.2 Å². The molecule has 0 radical (unpaired) electrons. The molecule has 117 heavy (non-hydrogen) atoms. The molecule has 0 aliphatic rings. The molecule has 0 atom stereocenters. The maximum absolute atomic E-state index is 6.11. The maximum Gasteiger partial charge on any atom is 0.135 e. The van der Waals surface area contributed by atoms with Gasteiger partial charge in [-0.15, -0.1) is 22.7 Å². The van der Waals surface area contributed by atoms with E-state index in [4.69, 9.17) is 17.7 Å². The topological polar surface area (TPSA) is 67.3 Å². The standard InChI is InChI=1S/C36H21NO2.2C36H21NOS/c1-4-10-31-25(7-1)28-19-22(23-14-17-35-29(20-23)26-8-2-5-11-33(26)38-35)13-16-32(28)37(31)24-15-18-36-30(21-24)27-9-3-6-12-34(27)39-36;1-4-10-31-25(7-1)28-19-22(23-14-18-36-30(20-23)27-9-3-6-12-35(27)39-36)13-16-32(28)37(31)24-15-17-34-29(21-24)26-8-2-5-11-33(26)38-34;1-4-10-31-25(7-1)28-19-22(23-14-17-34-29(20-23)26-8-2-5-11-33(26)38-34)13-16-32(28)37(31)24-15-18-36-30(21-24)27-9-3-6-12-35(27)39-36/h3*1-21H. The molecule has 0 amide bonds. The quantitative estimate of drug-likeness (QED) is 0.166. The van der Waals surface area contributed by atoms with E-state index in [1.54, 1.807) is 0 Å². The second-order valence-electron chi connectivity index (χ2n) is 30.5. The van der Waals surface area contributed by atoms with Crippen molar-refractivity contribution >= 4 is 216 Å². The zero-order chi connectivity index (χ0) is 76.5. The molecule has 0 unspecified atom stereocenters. The van der Waals surface area contributed by atoms with Crippen LogP contribution in [0.4, 0.5) is 0 Å². The first-order valence-corrected chi connectivity index (χ1v) is 41.2. The van der Waals surface area contributed by atoms with Gasteiger partial charge >= 0.3 is 0 Å². The van der Waals surface area contributed by atoms with Crippen LogP contribution in [0, 0.1) is 0 Å². The summed E-state index contributed by atoms with van der Waals surface area (Å²) in [6.45, 7) is 0. The van der Waals surface area contributed by atoms with Gasteiger partial charge in [0.25, 0.3) is 0 Å². The van der Waals surface area contributed by atoms with Crippen LogP contribution in [0.1, 0.15) is 0 Å². The van der Waals surface area contributed by atoms with Gasteiger partial charge in [0, 0.05) is 133 Å². The van der Waals surface area contributed by atoms with E-state index in [2.05, 4.69) is 347 Å². The van der Waals surface area contributed by atoms with Crippen LogP contribution in [0.5, 0.6) is 0 Å².